The van der Waals surface area contributed by atoms with Crippen molar-refractivity contribution in [1.82, 2.24) is 5.01 Å². The van der Waals surface area contributed by atoms with E-state index in [0.717, 1.165) is 13.1 Å². The summed E-state index contributed by atoms with van der Waals surface area (Å²) in [6.07, 6.45) is 1.95. The normalized spacial score (nSPS) is 18.1. The van der Waals surface area contributed by atoms with E-state index >= 15 is 0 Å². The molecule has 1 fully saturated rings. The molecule has 2 N–H and O–H groups in total. The summed E-state index contributed by atoms with van der Waals surface area (Å²) in [5.41, 5.74) is 0. The highest BCUT2D eigenvalue weighted by atomic mass is 35.5. The van der Waals surface area contributed by atoms with Gasteiger partial charge >= 0.3 is 0 Å². The number of likely N-dealkylation sites (N-methyl/N-ethyl adjacent to an activating group) is 1. The first-order chi connectivity index (χ1) is 5.68. The van der Waals surface area contributed by atoms with E-state index in [1.807, 2.05) is 6.34 Å². The first-order valence-corrected chi connectivity index (χ1v) is 4.59. The van der Waals surface area contributed by atoms with Crippen LogP contribution >= 0.6 is 0 Å². The van der Waals surface area contributed by atoms with Gasteiger partial charge in [0.15, 0.2) is 0 Å². The van der Waals surface area contributed by atoms with Crippen LogP contribution in [0.25, 0.3) is 0 Å². The zero-order chi connectivity index (χ0) is 8.97. The molecule has 0 amide bonds. The van der Waals surface area contributed by atoms with Gasteiger partial charge in [-0.05, 0) is 0 Å². The fourth-order valence-electron chi connectivity index (χ4n) is 1.19. The zero-order valence-corrected chi connectivity index (χ0v) is 10.6. The molecule has 0 bridgehead atoms. The third-order valence-corrected chi connectivity index (χ3v) is 2.07. The maximum Gasteiger partial charge on any atom is 0.205 e. The maximum absolute atomic E-state index is 4.38. The van der Waals surface area contributed by atoms with Gasteiger partial charge in [0.05, 0.1) is 47.3 Å². The number of nitrogens with zero attached hydrogens (tertiary/aromatic N) is 2. The van der Waals surface area contributed by atoms with Crippen molar-refractivity contribution in [2.75, 3.05) is 47.3 Å². The Hall–Kier alpha value is -0.0300. The molecule has 0 aliphatic carbocycles. The number of nitrogens with one attached hydrogen (secondary N) is 2. The van der Waals surface area contributed by atoms with Gasteiger partial charge in [-0.3, -0.25) is 9.91 Å². The third kappa shape index (κ3) is 6.43. The minimum Gasteiger partial charge on any atom is -1.00 e. The molecule has 0 aromatic heterocycles. The van der Waals surface area contributed by atoms with Crippen LogP contribution in [0.2, 0.25) is 0 Å². The van der Waals surface area contributed by atoms with Gasteiger partial charge in [0.25, 0.3) is 0 Å². The van der Waals surface area contributed by atoms with Crippen molar-refractivity contribution in [3.05, 3.63) is 0 Å². The van der Waals surface area contributed by atoms with Crippen LogP contribution in [0.3, 0.4) is 0 Å². The second-order valence-corrected chi connectivity index (χ2v) is 3.73. The Morgan fingerprint density at radius 2 is 1.71 bits per heavy atom. The SMILES string of the molecule is C[NH+](C)/C=N/N1CC[NH+](C)CC1.[Cl-].[Cl-]. The van der Waals surface area contributed by atoms with Crippen molar-refractivity contribution >= 4 is 6.34 Å². The van der Waals surface area contributed by atoms with Gasteiger partial charge in [-0.2, -0.15) is 0 Å². The molecular weight excluding hydrogens is 223 g/mol. The molecule has 0 radical (unpaired) electrons. The Bertz CT molecular complexity index is 155. The molecule has 0 spiro atoms. The van der Waals surface area contributed by atoms with E-state index < -0.39 is 0 Å². The largest absolute Gasteiger partial charge is 1.00 e. The quantitative estimate of drug-likeness (QED) is 0.365. The molecule has 0 atom stereocenters. The molecule has 0 saturated carbocycles. The predicted octanol–water partition coefficient (Wildman–Crippen LogP) is -9.09. The van der Waals surface area contributed by atoms with Gasteiger partial charge in [-0.1, -0.05) is 0 Å². The first kappa shape index (κ1) is 16.4. The van der Waals surface area contributed by atoms with Crippen LogP contribution < -0.4 is 34.6 Å². The topological polar surface area (TPSA) is 24.5 Å². The Kier molecular flexibility index (Phi) is 9.72. The summed E-state index contributed by atoms with van der Waals surface area (Å²) in [6.45, 7) is 4.60. The highest BCUT2D eigenvalue weighted by Gasteiger charge is 2.14. The summed E-state index contributed by atoms with van der Waals surface area (Å²) in [5.74, 6) is 0. The lowest BCUT2D eigenvalue weighted by Gasteiger charge is -2.27. The summed E-state index contributed by atoms with van der Waals surface area (Å²) in [7, 11) is 6.38. The number of piperazine rings is 1. The lowest BCUT2D eigenvalue weighted by molar-refractivity contribution is -0.884. The maximum atomic E-state index is 4.38. The molecule has 4 nitrogen and oxygen atoms in total. The molecule has 1 aliphatic heterocycles. The molecule has 14 heavy (non-hydrogen) atoms. The lowest BCUT2D eigenvalue weighted by Crippen LogP contribution is -3.11. The summed E-state index contributed by atoms with van der Waals surface area (Å²) < 4.78 is 0. The molecule has 1 saturated heterocycles. The van der Waals surface area contributed by atoms with Crippen LogP contribution in [0.15, 0.2) is 5.10 Å². The summed E-state index contributed by atoms with van der Waals surface area (Å²) in [4.78, 5) is 2.87. The van der Waals surface area contributed by atoms with Gasteiger partial charge in [0.1, 0.15) is 0 Å². The minimum absolute atomic E-state index is 0. The van der Waals surface area contributed by atoms with Crippen LogP contribution in [0.5, 0.6) is 0 Å². The average molecular weight is 243 g/mol. The molecule has 1 rings (SSSR count). The monoisotopic (exact) mass is 242 g/mol. The van der Waals surface area contributed by atoms with E-state index in [1.165, 1.54) is 18.0 Å². The zero-order valence-electron chi connectivity index (χ0n) is 9.06. The van der Waals surface area contributed by atoms with E-state index in [2.05, 4.69) is 31.3 Å². The standard InChI is InChI=1S/C8H18N4.2ClH/c1-10(2)8-9-12-6-4-11(3)5-7-12;;/h8H,4-7H2,1-3H3;2*1H/b9-8+;;. The first-order valence-electron chi connectivity index (χ1n) is 4.59. The number of rotatable bonds is 2. The van der Waals surface area contributed by atoms with Crippen molar-refractivity contribution in [2.45, 2.75) is 0 Å². The minimum atomic E-state index is 0. The Morgan fingerprint density at radius 3 is 2.14 bits per heavy atom. The fourth-order valence-corrected chi connectivity index (χ4v) is 1.19. The average Bonchev–Trinajstić information content (AvgIpc) is 2.03. The van der Waals surface area contributed by atoms with Gasteiger partial charge in [0, 0.05) is 0 Å². The number of hydrazone groups is 1. The van der Waals surface area contributed by atoms with Gasteiger partial charge in [-0.25, -0.2) is 0 Å². The molecule has 1 aliphatic rings. The van der Waals surface area contributed by atoms with Crippen LogP contribution in [0, 0.1) is 0 Å². The van der Waals surface area contributed by atoms with E-state index in [1.54, 1.807) is 4.90 Å². The predicted molar refractivity (Wildman–Crippen MR) is 49.5 cm³/mol. The van der Waals surface area contributed by atoms with Crippen LogP contribution in [0.1, 0.15) is 0 Å². The van der Waals surface area contributed by atoms with Gasteiger partial charge in [-0.15, -0.1) is 5.10 Å². The number of hydrogen-bond donors (Lipinski definition) is 2. The molecule has 6 heteroatoms. The van der Waals surface area contributed by atoms with E-state index in [4.69, 9.17) is 0 Å². The van der Waals surface area contributed by atoms with Crippen molar-refractivity contribution in [3.8, 4) is 0 Å². The number of quaternary nitrogens is 2. The lowest BCUT2D eigenvalue weighted by atomic mass is 10.4. The third-order valence-electron chi connectivity index (χ3n) is 2.07. The van der Waals surface area contributed by atoms with Crippen LogP contribution in [-0.4, -0.2) is 58.7 Å². The molecule has 86 valence electrons. The number of halogens is 2. The van der Waals surface area contributed by atoms with Crippen molar-refractivity contribution in [3.63, 3.8) is 0 Å². The second-order valence-electron chi connectivity index (χ2n) is 3.73. The van der Waals surface area contributed by atoms with Gasteiger partial charge in [0.2, 0.25) is 6.34 Å². The van der Waals surface area contributed by atoms with Crippen LogP contribution in [0.4, 0.5) is 0 Å². The van der Waals surface area contributed by atoms with E-state index in [0.29, 0.717) is 0 Å². The smallest absolute Gasteiger partial charge is 0.205 e. The molecule has 0 aromatic rings. The summed E-state index contributed by atoms with van der Waals surface area (Å²) >= 11 is 0. The highest BCUT2D eigenvalue weighted by Crippen LogP contribution is 1.86. The summed E-state index contributed by atoms with van der Waals surface area (Å²) in [5, 5.41) is 6.53. The molecule has 1 heterocycles. The van der Waals surface area contributed by atoms with E-state index in [9.17, 15) is 0 Å². The Balaban J connectivity index is 0. The molecule has 0 aromatic carbocycles. The second kappa shape index (κ2) is 8.29. The van der Waals surface area contributed by atoms with Crippen molar-refractivity contribution in [2.24, 2.45) is 5.10 Å². The summed E-state index contributed by atoms with van der Waals surface area (Å²) in [6, 6.07) is 0. The highest BCUT2D eigenvalue weighted by molar-refractivity contribution is 5.41. The Morgan fingerprint density at radius 1 is 1.21 bits per heavy atom. The van der Waals surface area contributed by atoms with E-state index in [-0.39, 0.29) is 24.8 Å². The van der Waals surface area contributed by atoms with Crippen molar-refractivity contribution in [1.29, 1.82) is 0 Å². The van der Waals surface area contributed by atoms with Crippen LogP contribution in [-0.2, 0) is 0 Å². The Labute approximate surface area is 98.7 Å². The number of hydrogen-bond acceptors (Lipinski definition) is 2. The molecular formula is C8H20Cl2N4. The van der Waals surface area contributed by atoms with Gasteiger partial charge < -0.3 is 29.7 Å². The molecule has 0 unspecified atom stereocenters. The van der Waals surface area contributed by atoms with Crippen molar-refractivity contribution < 1.29 is 34.6 Å². The fraction of sp³-hybridized carbons (Fsp3) is 0.875.